The minimum Gasteiger partial charge on any atom is -0.262 e. The van der Waals surface area contributed by atoms with E-state index in [-0.39, 0.29) is 24.8 Å². The smallest absolute Gasteiger partial charge is 0.0900 e. The Morgan fingerprint density at radius 3 is 2.70 bits per heavy atom. The number of hydrogen-bond donors (Lipinski definition) is 0. The predicted octanol–water partition coefficient (Wildman–Crippen LogP) is 1.77. The third-order valence-electron chi connectivity index (χ3n) is 1.17. The van der Waals surface area contributed by atoms with Crippen molar-refractivity contribution in [2.24, 2.45) is 9.98 Å². The zero-order chi connectivity index (χ0) is 5.40. The van der Waals surface area contributed by atoms with Crippen LogP contribution in [0, 0.1) is 0 Å². The molecule has 0 aromatic rings. The summed E-state index contributed by atoms with van der Waals surface area (Å²) in [5.74, 6) is 0. The minimum atomic E-state index is 0. The van der Waals surface area contributed by atoms with E-state index in [2.05, 4.69) is 9.98 Å². The Morgan fingerprint density at radius 2 is 2.00 bits per heavy atom. The Hall–Kier alpha value is -0.600. The summed E-state index contributed by atoms with van der Waals surface area (Å²) in [6.45, 7) is 0. The van der Waals surface area contributed by atoms with E-state index in [1.165, 1.54) is 0 Å². The van der Waals surface area contributed by atoms with Gasteiger partial charge in [0, 0.05) is 18.0 Å². The van der Waals surface area contributed by atoms with E-state index in [1.807, 2.05) is 12.3 Å². The van der Waals surface area contributed by atoms with E-state index in [1.54, 1.807) is 12.4 Å². The highest BCUT2D eigenvalue weighted by Gasteiger charge is 2.07. The third kappa shape index (κ3) is 1.28. The predicted molar refractivity (Wildman–Crippen MR) is 47.6 cm³/mol. The van der Waals surface area contributed by atoms with Crippen molar-refractivity contribution in [1.82, 2.24) is 0 Å². The molecule has 0 aliphatic carbocycles. The van der Waals surface area contributed by atoms with Crippen molar-refractivity contribution in [3.05, 3.63) is 23.5 Å². The monoisotopic (exact) mass is 176 g/mol. The maximum Gasteiger partial charge on any atom is 0.0900 e. The molecule has 2 heterocycles. The Bertz CT molecular complexity index is 212. The molecule has 2 aliphatic heterocycles. The number of aliphatic imine (C=N–C) groups is 2. The lowest BCUT2D eigenvalue weighted by Crippen LogP contribution is -1.73. The summed E-state index contributed by atoms with van der Waals surface area (Å²) in [4.78, 5) is 7.92. The van der Waals surface area contributed by atoms with Crippen LogP contribution >= 0.6 is 24.8 Å². The molecule has 0 spiro atoms. The molecule has 2 aliphatic rings. The number of fused-ring (bicyclic) bond motifs is 1. The zero-order valence-corrected chi connectivity index (χ0v) is 6.65. The lowest BCUT2D eigenvalue weighted by Gasteiger charge is -1.81. The summed E-state index contributed by atoms with van der Waals surface area (Å²) in [6, 6.07) is 0. The number of allylic oxidation sites excluding steroid dienone is 2. The Morgan fingerprint density at radius 1 is 1.20 bits per heavy atom. The fourth-order valence-corrected chi connectivity index (χ4v) is 0.763. The summed E-state index contributed by atoms with van der Waals surface area (Å²) in [7, 11) is 0. The summed E-state index contributed by atoms with van der Waals surface area (Å²) in [5.41, 5.74) is 2.12. The van der Waals surface area contributed by atoms with Crippen molar-refractivity contribution in [1.29, 1.82) is 0 Å². The molecule has 0 atom stereocenters. The van der Waals surface area contributed by atoms with Crippen LogP contribution in [-0.2, 0) is 0 Å². The van der Waals surface area contributed by atoms with Crippen molar-refractivity contribution >= 4 is 37.2 Å². The van der Waals surface area contributed by atoms with Gasteiger partial charge in [-0.3, -0.25) is 9.98 Å². The zero-order valence-electron chi connectivity index (χ0n) is 5.02. The third-order valence-corrected chi connectivity index (χ3v) is 1.17. The highest BCUT2D eigenvalue weighted by atomic mass is 35.5. The molecule has 2 rings (SSSR count). The fourth-order valence-electron chi connectivity index (χ4n) is 0.763. The van der Waals surface area contributed by atoms with Gasteiger partial charge in [0.1, 0.15) is 0 Å². The van der Waals surface area contributed by atoms with Gasteiger partial charge < -0.3 is 0 Å². The van der Waals surface area contributed by atoms with Gasteiger partial charge in [-0.2, -0.15) is 0 Å². The van der Waals surface area contributed by atoms with Crippen molar-refractivity contribution in [2.45, 2.75) is 0 Å². The van der Waals surface area contributed by atoms with Gasteiger partial charge in [0.05, 0.1) is 11.9 Å². The molecule has 0 radical (unpaired) electrons. The average Bonchev–Trinajstić information content (AvgIpc) is 2.15. The highest BCUT2D eigenvalue weighted by molar-refractivity contribution is 5.97. The standard InChI is InChI=1S/C6H4N2.2ClH/c1-2-8-6-4-7-3-5(1)6;;/h1-4H;2*1H. The van der Waals surface area contributed by atoms with Crippen LogP contribution in [0.2, 0.25) is 0 Å². The Balaban J connectivity index is 0.000000405. The van der Waals surface area contributed by atoms with E-state index in [0.717, 1.165) is 11.3 Å². The van der Waals surface area contributed by atoms with Gasteiger partial charge in [0.15, 0.2) is 0 Å². The first-order valence-electron chi connectivity index (χ1n) is 2.45. The molecule has 10 heavy (non-hydrogen) atoms. The molecule has 0 unspecified atom stereocenters. The normalized spacial score (nSPS) is 16.8. The average molecular weight is 177 g/mol. The molecule has 0 fully saturated rings. The molecule has 4 heteroatoms. The van der Waals surface area contributed by atoms with Gasteiger partial charge in [-0.05, 0) is 6.08 Å². The fraction of sp³-hybridized carbons (Fsp3) is 0. The number of halogens is 2. The Labute approximate surface area is 71.3 Å². The maximum atomic E-state index is 4.02. The lowest BCUT2D eigenvalue weighted by molar-refractivity contribution is 1.42. The van der Waals surface area contributed by atoms with Crippen molar-refractivity contribution in [2.75, 3.05) is 0 Å². The van der Waals surface area contributed by atoms with Crippen molar-refractivity contribution < 1.29 is 0 Å². The molecule has 0 amide bonds. The molecular formula is C6H6Cl2N2. The van der Waals surface area contributed by atoms with Gasteiger partial charge in [-0.25, -0.2) is 0 Å². The van der Waals surface area contributed by atoms with E-state index >= 15 is 0 Å². The lowest BCUT2D eigenvalue weighted by atomic mass is 10.3. The largest absolute Gasteiger partial charge is 0.262 e. The quantitative estimate of drug-likeness (QED) is 0.538. The summed E-state index contributed by atoms with van der Waals surface area (Å²) >= 11 is 0. The molecule has 0 N–H and O–H groups in total. The van der Waals surface area contributed by atoms with Crippen molar-refractivity contribution in [3.63, 3.8) is 0 Å². The van der Waals surface area contributed by atoms with Gasteiger partial charge in [-0.15, -0.1) is 24.8 Å². The molecule has 0 aromatic heterocycles. The van der Waals surface area contributed by atoms with Crippen molar-refractivity contribution in [3.8, 4) is 0 Å². The first-order valence-corrected chi connectivity index (χ1v) is 2.45. The summed E-state index contributed by atoms with van der Waals surface area (Å²) in [6.07, 6.45) is 7.30. The van der Waals surface area contributed by atoms with E-state index in [0.29, 0.717) is 0 Å². The number of nitrogens with zero attached hydrogens (tertiary/aromatic N) is 2. The second kappa shape index (κ2) is 3.54. The topological polar surface area (TPSA) is 24.7 Å². The first-order chi connectivity index (χ1) is 3.97. The van der Waals surface area contributed by atoms with Crippen LogP contribution in [0.3, 0.4) is 0 Å². The number of rotatable bonds is 0. The van der Waals surface area contributed by atoms with Crippen LogP contribution in [0.25, 0.3) is 0 Å². The molecule has 0 aromatic carbocycles. The van der Waals surface area contributed by atoms with E-state index in [9.17, 15) is 0 Å². The maximum absolute atomic E-state index is 4.02. The van der Waals surface area contributed by atoms with Crippen LogP contribution in [-0.4, -0.2) is 12.4 Å². The van der Waals surface area contributed by atoms with Gasteiger partial charge in [0.2, 0.25) is 0 Å². The Kier molecular flexibility index (Phi) is 3.33. The second-order valence-corrected chi connectivity index (χ2v) is 1.69. The molecular weight excluding hydrogens is 171 g/mol. The summed E-state index contributed by atoms with van der Waals surface area (Å²) < 4.78 is 0. The van der Waals surface area contributed by atoms with Crippen LogP contribution in [0.1, 0.15) is 0 Å². The van der Waals surface area contributed by atoms with Gasteiger partial charge in [0.25, 0.3) is 0 Å². The molecule has 2 nitrogen and oxygen atoms in total. The van der Waals surface area contributed by atoms with Crippen LogP contribution in [0.5, 0.6) is 0 Å². The number of hydrogen-bond acceptors (Lipinski definition) is 2. The van der Waals surface area contributed by atoms with Gasteiger partial charge in [-0.1, -0.05) is 0 Å². The first kappa shape index (κ1) is 9.40. The highest BCUT2D eigenvalue weighted by Crippen LogP contribution is 2.17. The van der Waals surface area contributed by atoms with Crippen LogP contribution < -0.4 is 0 Å². The SMILES string of the molecule is C1=NC=C2N=CC=C12.Cl.Cl. The molecule has 0 bridgehead atoms. The minimum absolute atomic E-state index is 0. The summed E-state index contributed by atoms with van der Waals surface area (Å²) in [5, 5.41) is 0. The van der Waals surface area contributed by atoms with Crippen LogP contribution in [0.15, 0.2) is 33.5 Å². The van der Waals surface area contributed by atoms with E-state index in [4.69, 9.17) is 0 Å². The van der Waals surface area contributed by atoms with Crippen LogP contribution in [0.4, 0.5) is 0 Å². The van der Waals surface area contributed by atoms with Gasteiger partial charge >= 0.3 is 0 Å². The second-order valence-electron chi connectivity index (χ2n) is 1.69. The molecule has 54 valence electrons. The molecule has 0 saturated carbocycles. The molecule has 0 saturated heterocycles. The van der Waals surface area contributed by atoms with E-state index < -0.39 is 0 Å².